The maximum absolute atomic E-state index is 4.73. The van der Waals surface area contributed by atoms with Gasteiger partial charge in [0, 0.05) is 57.5 Å². The molecule has 1 aliphatic heterocycles. The number of anilines is 3. The summed E-state index contributed by atoms with van der Waals surface area (Å²) in [5.74, 6) is 2.69. The van der Waals surface area contributed by atoms with Crippen LogP contribution in [0.4, 0.5) is 17.6 Å². The molecule has 166 valence electrons. The van der Waals surface area contributed by atoms with Crippen molar-refractivity contribution in [1.29, 1.82) is 0 Å². The van der Waals surface area contributed by atoms with Crippen LogP contribution in [0.5, 0.6) is 0 Å². The molecule has 0 aromatic carbocycles. The fourth-order valence-corrected chi connectivity index (χ4v) is 4.20. The lowest BCUT2D eigenvalue weighted by atomic mass is 10.2. The van der Waals surface area contributed by atoms with E-state index in [1.165, 1.54) is 0 Å². The van der Waals surface area contributed by atoms with Gasteiger partial charge in [-0.2, -0.15) is 4.98 Å². The number of piperazine rings is 1. The molecule has 0 aliphatic carbocycles. The van der Waals surface area contributed by atoms with Gasteiger partial charge in [0.1, 0.15) is 17.7 Å². The first kappa shape index (κ1) is 21.3. The number of nitrogens with zero attached hydrogens (tertiary/aromatic N) is 7. The summed E-state index contributed by atoms with van der Waals surface area (Å²) >= 11 is 0. The molecule has 1 aliphatic rings. The van der Waals surface area contributed by atoms with E-state index in [0.717, 1.165) is 62.4 Å². The molecule has 4 rings (SSSR count). The molecule has 1 saturated heterocycles. The first-order valence-corrected chi connectivity index (χ1v) is 11.1. The molecule has 3 aromatic heterocycles. The average Bonchev–Trinajstić information content (AvgIpc) is 3.22. The van der Waals surface area contributed by atoms with Crippen molar-refractivity contribution in [2.45, 2.75) is 39.8 Å². The monoisotopic (exact) mass is 423 g/mol. The fourth-order valence-electron chi connectivity index (χ4n) is 4.20. The summed E-state index contributed by atoms with van der Waals surface area (Å²) < 4.78 is 0. The highest BCUT2D eigenvalue weighted by Crippen LogP contribution is 2.22. The van der Waals surface area contributed by atoms with Gasteiger partial charge in [0.2, 0.25) is 5.95 Å². The van der Waals surface area contributed by atoms with E-state index >= 15 is 0 Å². The van der Waals surface area contributed by atoms with Crippen LogP contribution in [0.15, 0.2) is 30.7 Å². The van der Waals surface area contributed by atoms with Gasteiger partial charge in [0.05, 0.1) is 0 Å². The van der Waals surface area contributed by atoms with Gasteiger partial charge in [0.25, 0.3) is 0 Å². The number of pyridine rings is 1. The van der Waals surface area contributed by atoms with Crippen LogP contribution in [0, 0.1) is 0 Å². The van der Waals surface area contributed by atoms with E-state index in [-0.39, 0.29) is 0 Å². The predicted octanol–water partition coefficient (Wildman–Crippen LogP) is 2.61. The van der Waals surface area contributed by atoms with Crippen molar-refractivity contribution in [2.24, 2.45) is 0 Å². The Morgan fingerprint density at radius 3 is 2.42 bits per heavy atom. The van der Waals surface area contributed by atoms with Crippen LogP contribution < -0.4 is 15.1 Å². The Morgan fingerprint density at radius 2 is 1.74 bits per heavy atom. The molecule has 0 saturated carbocycles. The van der Waals surface area contributed by atoms with Crippen molar-refractivity contribution < 1.29 is 0 Å². The first-order valence-electron chi connectivity index (χ1n) is 11.1. The van der Waals surface area contributed by atoms with E-state index in [1.54, 1.807) is 6.33 Å². The SMILES string of the molecule is CC(C)N(CCNc1ncnc2nc(N3CCN(c4ccccn4)CC3)[nH]c12)C(C)C. The minimum Gasteiger partial charge on any atom is -0.367 e. The van der Waals surface area contributed by atoms with Crippen LogP contribution in [-0.4, -0.2) is 81.2 Å². The van der Waals surface area contributed by atoms with Gasteiger partial charge in [-0.05, 0) is 39.8 Å². The van der Waals surface area contributed by atoms with Crippen LogP contribution in [0.25, 0.3) is 11.2 Å². The third-order valence-corrected chi connectivity index (χ3v) is 5.82. The van der Waals surface area contributed by atoms with Crippen molar-refractivity contribution in [3.63, 3.8) is 0 Å². The number of imidazole rings is 1. The summed E-state index contributed by atoms with van der Waals surface area (Å²) in [4.78, 5) is 28.5. The Labute approximate surface area is 183 Å². The van der Waals surface area contributed by atoms with E-state index in [4.69, 9.17) is 4.98 Å². The Hall–Kier alpha value is -2.94. The van der Waals surface area contributed by atoms with Crippen LogP contribution in [-0.2, 0) is 0 Å². The van der Waals surface area contributed by atoms with Crippen molar-refractivity contribution in [3.8, 4) is 0 Å². The van der Waals surface area contributed by atoms with E-state index in [9.17, 15) is 0 Å². The second-order valence-electron chi connectivity index (χ2n) is 8.50. The van der Waals surface area contributed by atoms with Crippen molar-refractivity contribution in [1.82, 2.24) is 29.8 Å². The highest BCUT2D eigenvalue weighted by molar-refractivity contribution is 5.84. The van der Waals surface area contributed by atoms with Gasteiger partial charge in [-0.25, -0.2) is 15.0 Å². The number of aromatic amines is 1. The Kier molecular flexibility index (Phi) is 6.50. The number of hydrogen-bond donors (Lipinski definition) is 2. The molecule has 3 aromatic rings. The summed E-state index contributed by atoms with van der Waals surface area (Å²) in [5.41, 5.74) is 1.56. The van der Waals surface area contributed by atoms with Crippen molar-refractivity contribution in [3.05, 3.63) is 30.7 Å². The Morgan fingerprint density at radius 1 is 1.00 bits per heavy atom. The van der Waals surface area contributed by atoms with Crippen molar-refractivity contribution in [2.75, 3.05) is 54.4 Å². The smallest absolute Gasteiger partial charge is 0.205 e. The van der Waals surface area contributed by atoms with E-state index < -0.39 is 0 Å². The second kappa shape index (κ2) is 9.47. The van der Waals surface area contributed by atoms with Crippen LogP contribution in [0.3, 0.4) is 0 Å². The normalized spacial score (nSPS) is 14.9. The number of aromatic nitrogens is 5. The molecule has 9 heteroatoms. The largest absolute Gasteiger partial charge is 0.367 e. The predicted molar refractivity (Wildman–Crippen MR) is 126 cm³/mol. The lowest BCUT2D eigenvalue weighted by Crippen LogP contribution is -2.47. The highest BCUT2D eigenvalue weighted by atomic mass is 15.3. The molecule has 0 amide bonds. The van der Waals surface area contributed by atoms with E-state index in [2.05, 4.69) is 73.7 Å². The highest BCUT2D eigenvalue weighted by Gasteiger charge is 2.21. The fraction of sp³-hybridized carbons (Fsp3) is 0.545. The summed E-state index contributed by atoms with van der Waals surface area (Å²) in [6.07, 6.45) is 3.42. The quantitative estimate of drug-likeness (QED) is 0.572. The van der Waals surface area contributed by atoms with Gasteiger partial charge in [-0.1, -0.05) is 6.07 Å². The molecular weight excluding hydrogens is 390 g/mol. The maximum Gasteiger partial charge on any atom is 0.205 e. The molecule has 9 nitrogen and oxygen atoms in total. The molecule has 2 N–H and O–H groups in total. The van der Waals surface area contributed by atoms with E-state index in [0.29, 0.717) is 17.7 Å². The number of fused-ring (bicyclic) bond motifs is 1. The number of rotatable bonds is 8. The summed E-state index contributed by atoms with van der Waals surface area (Å²) in [6, 6.07) is 7.06. The minimum atomic E-state index is 0.510. The zero-order valence-electron chi connectivity index (χ0n) is 18.9. The average molecular weight is 424 g/mol. The summed E-state index contributed by atoms with van der Waals surface area (Å²) in [5, 5.41) is 3.47. The van der Waals surface area contributed by atoms with Crippen LogP contribution >= 0.6 is 0 Å². The third-order valence-electron chi connectivity index (χ3n) is 5.82. The lowest BCUT2D eigenvalue weighted by molar-refractivity contribution is 0.182. The van der Waals surface area contributed by atoms with Gasteiger partial charge >= 0.3 is 0 Å². The van der Waals surface area contributed by atoms with Gasteiger partial charge in [-0.15, -0.1) is 0 Å². The molecule has 0 atom stereocenters. The van der Waals surface area contributed by atoms with Crippen molar-refractivity contribution >= 4 is 28.7 Å². The number of nitrogens with one attached hydrogen (secondary N) is 2. The zero-order chi connectivity index (χ0) is 21.8. The Bertz CT molecular complexity index is 954. The third kappa shape index (κ3) is 4.87. The molecule has 0 spiro atoms. The molecule has 1 fully saturated rings. The van der Waals surface area contributed by atoms with Gasteiger partial charge in [0.15, 0.2) is 11.5 Å². The molecule has 0 unspecified atom stereocenters. The molecule has 4 heterocycles. The second-order valence-corrected chi connectivity index (χ2v) is 8.50. The van der Waals surface area contributed by atoms with E-state index in [1.807, 2.05) is 18.3 Å². The summed E-state index contributed by atoms with van der Waals surface area (Å²) in [6.45, 7) is 14.3. The number of hydrogen-bond acceptors (Lipinski definition) is 8. The number of H-pyrrole nitrogens is 1. The molecule has 0 bridgehead atoms. The van der Waals surface area contributed by atoms with Crippen LogP contribution in [0.1, 0.15) is 27.7 Å². The molecular formula is C22H33N9. The van der Waals surface area contributed by atoms with Crippen LogP contribution in [0.2, 0.25) is 0 Å². The molecule has 31 heavy (non-hydrogen) atoms. The topological polar surface area (TPSA) is 89.1 Å². The zero-order valence-corrected chi connectivity index (χ0v) is 18.9. The lowest BCUT2D eigenvalue weighted by Gasteiger charge is -2.35. The minimum absolute atomic E-state index is 0.510. The molecule has 0 radical (unpaired) electrons. The first-order chi connectivity index (χ1) is 15.0. The van der Waals surface area contributed by atoms with Gasteiger partial charge in [-0.3, -0.25) is 4.90 Å². The standard InChI is InChI=1S/C22H33N9/c1-16(2)31(17(3)4)10-9-24-20-19-21(26-15-25-20)28-22(27-19)30-13-11-29(12-14-30)18-7-5-6-8-23-18/h5-8,15-17H,9-14H2,1-4H3,(H2,24,25,26,27,28). The summed E-state index contributed by atoms with van der Waals surface area (Å²) in [7, 11) is 0. The van der Waals surface area contributed by atoms with Gasteiger partial charge < -0.3 is 20.1 Å². The maximum atomic E-state index is 4.73. The Balaban J connectivity index is 1.41.